The molecule has 1 aromatic carbocycles. The molecule has 0 spiro atoms. The van der Waals surface area contributed by atoms with Crippen molar-refractivity contribution in [3.05, 3.63) is 35.4 Å². The quantitative estimate of drug-likeness (QED) is 0.865. The second-order valence-corrected chi connectivity index (χ2v) is 7.49. The van der Waals surface area contributed by atoms with E-state index in [4.69, 9.17) is 0 Å². The maximum Gasteiger partial charge on any atom is 0.126 e. The van der Waals surface area contributed by atoms with Gasteiger partial charge in [0.05, 0.1) is 5.60 Å². The van der Waals surface area contributed by atoms with E-state index in [-0.39, 0.29) is 22.8 Å². The maximum atomic E-state index is 13.9. The van der Waals surface area contributed by atoms with E-state index in [1.54, 1.807) is 0 Å². The molecule has 3 atom stereocenters. The van der Waals surface area contributed by atoms with E-state index in [1.807, 2.05) is 0 Å². The molecule has 3 rings (SSSR count). The van der Waals surface area contributed by atoms with Gasteiger partial charge in [-0.15, -0.1) is 0 Å². The van der Waals surface area contributed by atoms with Gasteiger partial charge in [0.1, 0.15) is 11.6 Å². The van der Waals surface area contributed by atoms with Gasteiger partial charge in [-0.2, -0.15) is 0 Å². The summed E-state index contributed by atoms with van der Waals surface area (Å²) in [5.74, 6) is -0.410. The van der Waals surface area contributed by atoms with Crippen LogP contribution in [0.15, 0.2) is 18.2 Å². The van der Waals surface area contributed by atoms with E-state index in [1.165, 1.54) is 6.07 Å². The highest BCUT2D eigenvalue weighted by atomic mass is 19.1. The zero-order valence-corrected chi connectivity index (χ0v) is 12.3. The first-order chi connectivity index (χ1) is 9.20. The van der Waals surface area contributed by atoms with Crippen molar-refractivity contribution in [1.82, 2.24) is 0 Å². The third kappa shape index (κ3) is 1.62. The Morgan fingerprint density at radius 1 is 1.25 bits per heavy atom. The third-order valence-electron chi connectivity index (χ3n) is 6.28. The molecule has 20 heavy (non-hydrogen) atoms. The highest BCUT2D eigenvalue weighted by Crippen LogP contribution is 2.68. The molecular weight excluding hydrogens is 258 g/mol. The number of aliphatic hydroxyl groups is 1. The van der Waals surface area contributed by atoms with E-state index in [9.17, 15) is 13.9 Å². The predicted octanol–water partition coefficient (Wildman–Crippen LogP) is 4.08. The molecule has 1 nitrogen and oxygen atoms in total. The number of halogens is 2. The van der Waals surface area contributed by atoms with Crippen molar-refractivity contribution in [3.8, 4) is 0 Å². The van der Waals surface area contributed by atoms with Crippen LogP contribution in [0, 0.1) is 28.4 Å². The number of rotatable bonds is 2. The molecule has 1 aromatic rings. The van der Waals surface area contributed by atoms with Crippen molar-refractivity contribution in [2.75, 3.05) is 0 Å². The lowest BCUT2D eigenvalue weighted by molar-refractivity contribution is -0.142. The number of fused-ring (bicyclic) bond motifs is 2. The minimum atomic E-state index is -0.975. The zero-order valence-electron chi connectivity index (χ0n) is 12.3. The van der Waals surface area contributed by atoms with Crippen LogP contribution in [0.25, 0.3) is 0 Å². The molecule has 0 saturated heterocycles. The van der Waals surface area contributed by atoms with Gasteiger partial charge in [0, 0.05) is 6.42 Å². The monoisotopic (exact) mass is 280 g/mol. The molecule has 0 heterocycles. The fourth-order valence-electron chi connectivity index (χ4n) is 4.74. The summed E-state index contributed by atoms with van der Waals surface area (Å²) in [7, 11) is 0. The lowest BCUT2D eigenvalue weighted by Gasteiger charge is -2.51. The van der Waals surface area contributed by atoms with E-state index in [0.29, 0.717) is 5.92 Å². The molecule has 3 unspecified atom stereocenters. The van der Waals surface area contributed by atoms with Crippen molar-refractivity contribution in [2.24, 2.45) is 16.7 Å². The van der Waals surface area contributed by atoms with E-state index >= 15 is 0 Å². The molecule has 2 fully saturated rings. The molecule has 2 aliphatic rings. The Bertz CT molecular complexity index is 547. The maximum absolute atomic E-state index is 13.9. The molecule has 1 N–H and O–H groups in total. The van der Waals surface area contributed by atoms with Crippen LogP contribution in [0.3, 0.4) is 0 Å². The van der Waals surface area contributed by atoms with Crippen LogP contribution < -0.4 is 0 Å². The molecule has 2 saturated carbocycles. The van der Waals surface area contributed by atoms with Gasteiger partial charge in [0.2, 0.25) is 0 Å². The van der Waals surface area contributed by atoms with E-state index < -0.39 is 17.2 Å². The van der Waals surface area contributed by atoms with Crippen LogP contribution in [-0.4, -0.2) is 10.7 Å². The Hall–Kier alpha value is -0.960. The van der Waals surface area contributed by atoms with Crippen LogP contribution in [0.5, 0.6) is 0 Å². The fourth-order valence-corrected chi connectivity index (χ4v) is 4.74. The second kappa shape index (κ2) is 4.03. The van der Waals surface area contributed by atoms with Crippen LogP contribution in [0.2, 0.25) is 0 Å². The minimum Gasteiger partial charge on any atom is -0.388 e. The molecule has 0 aromatic heterocycles. The van der Waals surface area contributed by atoms with Crippen LogP contribution >= 0.6 is 0 Å². The Balaban J connectivity index is 2.02. The highest BCUT2D eigenvalue weighted by Gasteiger charge is 2.68. The summed E-state index contributed by atoms with van der Waals surface area (Å²) in [4.78, 5) is 0. The molecule has 0 amide bonds. The van der Waals surface area contributed by atoms with Crippen LogP contribution in [0.4, 0.5) is 8.78 Å². The largest absolute Gasteiger partial charge is 0.388 e. The van der Waals surface area contributed by atoms with E-state index in [0.717, 1.165) is 31.4 Å². The molecule has 0 radical (unpaired) electrons. The fraction of sp³-hybridized carbons (Fsp3) is 0.647. The summed E-state index contributed by atoms with van der Waals surface area (Å²) in [6.07, 6.45) is 3.26. The zero-order chi connectivity index (χ0) is 14.8. The van der Waals surface area contributed by atoms with Gasteiger partial charge < -0.3 is 5.11 Å². The van der Waals surface area contributed by atoms with Gasteiger partial charge in [-0.05, 0) is 59.8 Å². The average molecular weight is 280 g/mol. The van der Waals surface area contributed by atoms with Gasteiger partial charge in [0.15, 0.2) is 0 Å². The molecule has 3 heteroatoms. The van der Waals surface area contributed by atoms with Crippen molar-refractivity contribution in [2.45, 2.75) is 52.1 Å². The lowest BCUT2D eigenvalue weighted by Crippen LogP contribution is -2.55. The molecule has 2 bridgehead atoms. The summed E-state index contributed by atoms with van der Waals surface area (Å²) in [5, 5.41) is 11.3. The number of benzene rings is 1. The van der Waals surface area contributed by atoms with Crippen LogP contribution in [0.1, 0.15) is 45.6 Å². The Morgan fingerprint density at radius 3 is 2.55 bits per heavy atom. The topological polar surface area (TPSA) is 20.2 Å². The summed E-state index contributed by atoms with van der Waals surface area (Å²) >= 11 is 0. The first-order valence-corrected chi connectivity index (χ1v) is 7.36. The van der Waals surface area contributed by atoms with Gasteiger partial charge in [-0.3, -0.25) is 0 Å². The molecule has 110 valence electrons. The first kappa shape index (κ1) is 14.0. The summed E-state index contributed by atoms with van der Waals surface area (Å²) < 4.78 is 27.3. The van der Waals surface area contributed by atoms with Crippen molar-refractivity contribution >= 4 is 0 Å². The molecular formula is C17H22F2O. The Kier molecular flexibility index (Phi) is 2.82. The number of hydrogen-bond donors (Lipinski definition) is 1. The second-order valence-electron chi connectivity index (χ2n) is 7.49. The summed E-state index contributed by atoms with van der Waals surface area (Å²) in [5.41, 5.74) is -1.15. The lowest BCUT2D eigenvalue weighted by atomic mass is 9.58. The summed E-state index contributed by atoms with van der Waals surface area (Å²) in [6, 6.07) is 3.49. The van der Waals surface area contributed by atoms with Gasteiger partial charge in [-0.25, -0.2) is 8.78 Å². The van der Waals surface area contributed by atoms with Crippen molar-refractivity contribution < 1.29 is 13.9 Å². The highest BCUT2D eigenvalue weighted by molar-refractivity contribution is 5.27. The summed E-state index contributed by atoms with van der Waals surface area (Å²) in [6.45, 7) is 6.23. The Labute approximate surface area is 119 Å². The minimum absolute atomic E-state index is 0.191. The SMILES string of the molecule is CC12CCC(C1)C(C)(C)C2(O)Cc1cc(F)ccc1F. The van der Waals surface area contributed by atoms with Crippen molar-refractivity contribution in [3.63, 3.8) is 0 Å². The standard InChI is InChI=1S/C17H22F2O/c1-15(2)12-6-7-16(3,10-12)17(15,20)9-11-8-13(18)4-5-14(11)19/h4-5,8,12,20H,6-7,9-10H2,1-3H3. The Morgan fingerprint density at radius 2 is 1.95 bits per heavy atom. The normalized spacial score (nSPS) is 38.4. The molecule has 2 aliphatic carbocycles. The number of hydrogen-bond acceptors (Lipinski definition) is 1. The predicted molar refractivity (Wildman–Crippen MR) is 74.2 cm³/mol. The van der Waals surface area contributed by atoms with Crippen LogP contribution in [-0.2, 0) is 6.42 Å². The smallest absolute Gasteiger partial charge is 0.126 e. The van der Waals surface area contributed by atoms with Gasteiger partial charge in [0.25, 0.3) is 0 Å². The van der Waals surface area contributed by atoms with Gasteiger partial charge in [-0.1, -0.05) is 20.8 Å². The third-order valence-corrected chi connectivity index (χ3v) is 6.28. The average Bonchev–Trinajstić information content (AvgIpc) is 2.82. The van der Waals surface area contributed by atoms with E-state index in [2.05, 4.69) is 20.8 Å². The molecule has 0 aliphatic heterocycles. The van der Waals surface area contributed by atoms with Gasteiger partial charge >= 0.3 is 0 Å². The van der Waals surface area contributed by atoms with Crippen molar-refractivity contribution in [1.29, 1.82) is 0 Å². The first-order valence-electron chi connectivity index (χ1n) is 7.36.